The molecular weight excluding hydrogens is 478 g/mol. The second-order valence-electron chi connectivity index (χ2n) is 8.39. The lowest BCUT2D eigenvalue weighted by Gasteiger charge is -2.10. The van der Waals surface area contributed by atoms with Gasteiger partial charge >= 0.3 is 0 Å². The molecule has 4 aromatic rings. The number of rotatable bonds is 8. The first-order valence-electron chi connectivity index (χ1n) is 11.2. The summed E-state index contributed by atoms with van der Waals surface area (Å²) in [7, 11) is 0. The van der Waals surface area contributed by atoms with E-state index in [1.165, 1.54) is 17.3 Å². The zero-order valence-electron chi connectivity index (χ0n) is 19.8. The van der Waals surface area contributed by atoms with Crippen LogP contribution < -0.4 is 5.43 Å². The summed E-state index contributed by atoms with van der Waals surface area (Å²) < 4.78 is 1.94. The monoisotopic (exact) mass is 503 g/mol. The molecule has 1 aromatic heterocycles. The molecule has 1 amide bonds. The first-order chi connectivity index (χ1) is 16.9. The van der Waals surface area contributed by atoms with Crippen LogP contribution in [0.1, 0.15) is 36.5 Å². The van der Waals surface area contributed by atoms with E-state index in [0.29, 0.717) is 21.9 Å². The maximum absolute atomic E-state index is 12.4. The van der Waals surface area contributed by atoms with Crippen molar-refractivity contribution in [2.45, 2.75) is 31.8 Å². The van der Waals surface area contributed by atoms with Crippen molar-refractivity contribution in [3.05, 3.63) is 94.5 Å². The Balaban J connectivity index is 1.47. The summed E-state index contributed by atoms with van der Waals surface area (Å²) in [5, 5.41) is 14.1. The highest BCUT2D eigenvalue weighted by molar-refractivity contribution is 7.99. The standard InChI is InChI=1S/C27H26ClN5OS/c1-18(2)21-8-6-20(7-9-21)16-29-30-25(34)17-35-27-32-31-26(22-10-12-23(28)13-11-22)33(27)24-14-4-19(3)5-15-24/h4-16,18H,17H2,1-3H3,(H,30,34)/b29-16+. The van der Waals surface area contributed by atoms with Gasteiger partial charge in [0.1, 0.15) is 0 Å². The maximum Gasteiger partial charge on any atom is 0.250 e. The minimum atomic E-state index is -0.225. The van der Waals surface area contributed by atoms with Crippen LogP contribution in [0.4, 0.5) is 0 Å². The summed E-state index contributed by atoms with van der Waals surface area (Å²) >= 11 is 7.36. The second-order valence-corrected chi connectivity index (χ2v) is 9.77. The third-order valence-electron chi connectivity index (χ3n) is 5.37. The minimum Gasteiger partial charge on any atom is -0.272 e. The van der Waals surface area contributed by atoms with Crippen LogP contribution in [-0.4, -0.2) is 32.6 Å². The number of hydrazone groups is 1. The Hall–Kier alpha value is -3.42. The molecule has 0 unspecified atom stereocenters. The normalized spacial score (nSPS) is 11.3. The van der Waals surface area contributed by atoms with E-state index in [2.05, 4.69) is 46.7 Å². The fraction of sp³-hybridized carbons (Fsp3) is 0.185. The van der Waals surface area contributed by atoms with Crippen LogP contribution in [-0.2, 0) is 4.79 Å². The van der Waals surface area contributed by atoms with E-state index in [1.54, 1.807) is 6.21 Å². The number of thioether (sulfide) groups is 1. The molecule has 0 saturated carbocycles. The number of aryl methyl sites for hydroxylation is 1. The van der Waals surface area contributed by atoms with Crippen LogP contribution >= 0.6 is 23.4 Å². The van der Waals surface area contributed by atoms with Gasteiger partial charge in [0.2, 0.25) is 0 Å². The number of benzene rings is 3. The Morgan fingerprint density at radius 3 is 2.37 bits per heavy atom. The molecule has 178 valence electrons. The van der Waals surface area contributed by atoms with Gasteiger partial charge in [-0.05, 0) is 60.4 Å². The lowest BCUT2D eigenvalue weighted by molar-refractivity contribution is -0.118. The topological polar surface area (TPSA) is 72.2 Å². The molecule has 0 spiro atoms. The highest BCUT2D eigenvalue weighted by atomic mass is 35.5. The SMILES string of the molecule is Cc1ccc(-n2c(SCC(=O)N/N=C/c3ccc(C(C)C)cc3)nnc2-c2ccc(Cl)cc2)cc1. The van der Waals surface area contributed by atoms with Gasteiger partial charge in [0.15, 0.2) is 11.0 Å². The summed E-state index contributed by atoms with van der Waals surface area (Å²) in [6.45, 7) is 6.34. The third kappa shape index (κ3) is 6.38. The lowest BCUT2D eigenvalue weighted by Crippen LogP contribution is -2.20. The lowest BCUT2D eigenvalue weighted by atomic mass is 10.0. The number of hydrogen-bond donors (Lipinski definition) is 1. The Labute approximate surface area is 214 Å². The van der Waals surface area contributed by atoms with Crippen molar-refractivity contribution in [1.82, 2.24) is 20.2 Å². The summed E-state index contributed by atoms with van der Waals surface area (Å²) in [6, 6.07) is 23.6. The predicted molar refractivity (Wildman–Crippen MR) is 144 cm³/mol. The molecule has 0 bridgehead atoms. The summed E-state index contributed by atoms with van der Waals surface area (Å²) in [4.78, 5) is 12.4. The number of halogens is 1. The van der Waals surface area contributed by atoms with Crippen LogP contribution in [0.5, 0.6) is 0 Å². The van der Waals surface area contributed by atoms with Gasteiger partial charge in [-0.15, -0.1) is 10.2 Å². The number of nitrogens with zero attached hydrogens (tertiary/aromatic N) is 4. The number of carbonyl (C=O) groups is 1. The van der Waals surface area contributed by atoms with Crippen molar-refractivity contribution in [1.29, 1.82) is 0 Å². The Bertz CT molecular complexity index is 1310. The van der Waals surface area contributed by atoms with Crippen LogP contribution in [0.15, 0.2) is 83.1 Å². The fourth-order valence-electron chi connectivity index (χ4n) is 3.38. The molecule has 0 aliphatic carbocycles. The fourth-order valence-corrected chi connectivity index (χ4v) is 4.25. The van der Waals surface area contributed by atoms with Crippen molar-refractivity contribution in [2.75, 3.05) is 5.75 Å². The van der Waals surface area contributed by atoms with Crippen molar-refractivity contribution in [2.24, 2.45) is 5.10 Å². The van der Waals surface area contributed by atoms with Gasteiger partial charge in [0.25, 0.3) is 5.91 Å². The quantitative estimate of drug-likeness (QED) is 0.175. The van der Waals surface area contributed by atoms with Gasteiger partial charge in [-0.2, -0.15) is 5.10 Å². The third-order valence-corrected chi connectivity index (χ3v) is 6.55. The molecule has 8 heteroatoms. The van der Waals surface area contributed by atoms with Crippen LogP contribution in [0.25, 0.3) is 17.1 Å². The maximum atomic E-state index is 12.4. The molecule has 4 rings (SSSR count). The molecule has 1 N–H and O–H groups in total. The van der Waals surface area contributed by atoms with Gasteiger partial charge in [-0.25, -0.2) is 5.43 Å². The molecular formula is C27H26ClN5OS. The van der Waals surface area contributed by atoms with E-state index in [1.807, 2.05) is 72.2 Å². The summed E-state index contributed by atoms with van der Waals surface area (Å²) in [5.74, 6) is 1.07. The molecule has 0 atom stereocenters. The molecule has 1 heterocycles. The van der Waals surface area contributed by atoms with Crippen LogP contribution in [0.2, 0.25) is 5.02 Å². The Morgan fingerprint density at radius 1 is 1.03 bits per heavy atom. The summed E-state index contributed by atoms with van der Waals surface area (Å²) in [6.07, 6.45) is 1.64. The summed E-state index contributed by atoms with van der Waals surface area (Å²) in [5.41, 5.74) is 7.72. The van der Waals surface area contributed by atoms with Crippen molar-refractivity contribution in [3.63, 3.8) is 0 Å². The van der Waals surface area contributed by atoms with Gasteiger partial charge in [-0.3, -0.25) is 9.36 Å². The Kier molecular flexibility index (Phi) is 8.00. The highest BCUT2D eigenvalue weighted by Crippen LogP contribution is 2.28. The van der Waals surface area contributed by atoms with Gasteiger partial charge in [-0.1, -0.05) is 79.2 Å². The van der Waals surface area contributed by atoms with Crippen molar-refractivity contribution in [3.8, 4) is 17.1 Å². The minimum absolute atomic E-state index is 0.147. The van der Waals surface area contributed by atoms with E-state index >= 15 is 0 Å². The van der Waals surface area contributed by atoms with Crippen molar-refractivity contribution >= 4 is 35.5 Å². The largest absolute Gasteiger partial charge is 0.272 e. The van der Waals surface area contributed by atoms with E-state index < -0.39 is 0 Å². The first kappa shape index (κ1) is 24.7. The second kappa shape index (κ2) is 11.3. The molecule has 0 saturated heterocycles. The van der Waals surface area contributed by atoms with Gasteiger partial charge < -0.3 is 0 Å². The number of nitrogens with one attached hydrogen (secondary N) is 1. The molecule has 35 heavy (non-hydrogen) atoms. The number of hydrogen-bond acceptors (Lipinski definition) is 5. The van der Waals surface area contributed by atoms with E-state index in [9.17, 15) is 4.79 Å². The van der Waals surface area contributed by atoms with E-state index in [0.717, 1.165) is 22.4 Å². The number of amides is 1. The van der Waals surface area contributed by atoms with Gasteiger partial charge in [0, 0.05) is 16.3 Å². The zero-order valence-corrected chi connectivity index (χ0v) is 21.3. The molecule has 6 nitrogen and oxygen atoms in total. The zero-order chi connectivity index (χ0) is 24.8. The Morgan fingerprint density at radius 2 is 1.71 bits per heavy atom. The highest BCUT2D eigenvalue weighted by Gasteiger charge is 2.17. The predicted octanol–water partition coefficient (Wildman–Crippen LogP) is 6.26. The van der Waals surface area contributed by atoms with Crippen LogP contribution in [0.3, 0.4) is 0 Å². The average Bonchev–Trinajstić information content (AvgIpc) is 3.28. The van der Waals surface area contributed by atoms with Gasteiger partial charge in [0.05, 0.1) is 12.0 Å². The number of aromatic nitrogens is 3. The molecule has 0 radical (unpaired) electrons. The average molecular weight is 504 g/mol. The molecule has 3 aromatic carbocycles. The van der Waals surface area contributed by atoms with Crippen molar-refractivity contribution < 1.29 is 4.79 Å². The molecule has 0 aliphatic heterocycles. The molecule has 0 fully saturated rings. The smallest absolute Gasteiger partial charge is 0.250 e. The van der Waals surface area contributed by atoms with Crippen LogP contribution in [0, 0.1) is 6.92 Å². The molecule has 0 aliphatic rings. The number of carbonyl (C=O) groups excluding carboxylic acids is 1. The van der Waals surface area contributed by atoms with E-state index in [4.69, 9.17) is 11.6 Å². The first-order valence-corrected chi connectivity index (χ1v) is 12.6. The van der Waals surface area contributed by atoms with E-state index in [-0.39, 0.29) is 11.7 Å².